The lowest BCUT2D eigenvalue weighted by molar-refractivity contribution is -0.111. The minimum atomic E-state index is -0.565. The Hall–Kier alpha value is -2.95. The molecule has 0 saturated carbocycles. The van der Waals surface area contributed by atoms with E-state index in [0.717, 1.165) is 32.8 Å². The van der Waals surface area contributed by atoms with Gasteiger partial charge in [0.1, 0.15) is 11.5 Å². The molecule has 0 N–H and O–H groups in total. The Bertz CT molecular complexity index is 1100. The summed E-state index contributed by atoms with van der Waals surface area (Å²) in [7, 11) is 3.44. The quantitative estimate of drug-likeness (QED) is 0.646. The standard InChI is InChI=1S/C19H16N2O3/c1-9-12-8-21(3)6-5-11(12)10(2)17-15(9)16-18(20-17)14(24-4)7-13(22)19(16)23/h5-8H,1-4H3. The molecule has 5 heteroatoms. The van der Waals surface area contributed by atoms with Crippen molar-refractivity contribution in [2.45, 2.75) is 13.8 Å². The number of hydrogen-bond donors (Lipinski definition) is 0. The molecule has 0 unspecified atom stereocenters. The smallest absolute Gasteiger partial charge is 0.236 e. The zero-order chi connectivity index (χ0) is 17.2. The maximum absolute atomic E-state index is 12.5. The van der Waals surface area contributed by atoms with Gasteiger partial charge < -0.3 is 9.30 Å². The molecular weight excluding hydrogens is 304 g/mol. The molecule has 2 aromatic heterocycles. The third kappa shape index (κ3) is 1.72. The first-order valence-corrected chi connectivity index (χ1v) is 7.67. The number of pyridine rings is 1. The van der Waals surface area contributed by atoms with Crippen molar-refractivity contribution in [3.63, 3.8) is 0 Å². The van der Waals surface area contributed by atoms with Crippen molar-refractivity contribution in [3.8, 4) is 0 Å². The molecule has 0 aliphatic heterocycles. The van der Waals surface area contributed by atoms with Crippen LogP contribution in [0.2, 0.25) is 0 Å². The molecule has 24 heavy (non-hydrogen) atoms. The van der Waals surface area contributed by atoms with E-state index in [1.807, 2.05) is 43.9 Å². The number of Topliss-reactive ketones (excluding diaryl/α,β-unsaturated/α-hetero) is 1. The highest BCUT2D eigenvalue weighted by molar-refractivity contribution is 6.52. The Balaban J connectivity index is 2.25. The van der Waals surface area contributed by atoms with E-state index in [9.17, 15) is 9.59 Å². The summed E-state index contributed by atoms with van der Waals surface area (Å²) in [6.07, 6.45) is 5.23. The molecule has 4 rings (SSSR count). The molecule has 0 spiro atoms. The zero-order valence-corrected chi connectivity index (χ0v) is 13.9. The lowest BCUT2D eigenvalue weighted by Gasteiger charge is -2.12. The number of ether oxygens (including phenoxy) is 1. The molecule has 1 aliphatic carbocycles. The van der Waals surface area contributed by atoms with Crippen LogP contribution >= 0.6 is 0 Å². The van der Waals surface area contributed by atoms with E-state index in [1.54, 1.807) is 0 Å². The summed E-state index contributed by atoms with van der Waals surface area (Å²) >= 11 is 0. The molecular formula is C19H16N2O3. The first-order valence-electron chi connectivity index (χ1n) is 7.67. The molecule has 0 bridgehead atoms. The summed E-state index contributed by atoms with van der Waals surface area (Å²) in [6, 6.07) is 2.05. The lowest BCUT2D eigenvalue weighted by atomic mass is 9.91. The van der Waals surface area contributed by atoms with Crippen LogP contribution in [0.5, 0.6) is 0 Å². The maximum atomic E-state index is 12.5. The van der Waals surface area contributed by atoms with Crippen molar-refractivity contribution in [2.24, 2.45) is 7.05 Å². The first kappa shape index (κ1) is 14.6. The topological polar surface area (TPSA) is 61.2 Å². The second-order valence-corrected chi connectivity index (χ2v) is 6.15. The predicted octanol–water partition coefficient (Wildman–Crippen LogP) is 3.10. The summed E-state index contributed by atoms with van der Waals surface area (Å²) in [5.74, 6) is -0.737. The minimum absolute atomic E-state index is 0.346. The number of aromatic nitrogens is 2. The fourth-order valence-corrected chi connectivity index (χ4v) is 3.51. The van der Waals surface area contributed by atoms with Gasteiger partial charge in [0, 0.05) is 36.3 Å². The average molecular weight is 320 g/mol. The van der Waals surface area contributed by atoms with Gasteiger partial charge in [-0.2, -0.15) is 0 Å². The van der Waals surface area contributed by atoms with Gasteiger partial charge >= 0.3 is 0 Å². The molecule has 0 fully saturated rings. The Labute approximate surface area is 138 Å². The minimum Gasteiger partial charge on any atom is -0.494 e. The summed E-state index contributed by atoms with van der Waals surface area (Å²) in [5.41, 5.74) is 3.53. The number of allylic oxidation sites excluding steroid dienone is 1. The molecule has 0 saturated heterocycles. The van der Waals surface area contributed by atoms with Crippen LogP contribution in [0.4, 0.5) is 0 Å². The van der Waals surface area contributed by atoms with Gasteiger partial charge in [-0.3, -0.25) is 9.59 Å². The van der Waals surface area contributed by atoms with Gasteiger partial charge in [0.15, 0.2) is 0 Å². The van der Waals surface area contributed by atoms with E-state index in [0.29, 0.717) is 17.0 Å². The Kier molecular flexibility index (Phi) is 2.91. The largest absolute Gasteiger partial charge is 0.494 e. The Morgan fingerprint density at radius 3 is 2.58 bits per heavy atom. The Morgan fingerprint density at radius 1 is 1.12 bits per heavy atom. The van der Waals surface area contributed by atoms with Crippen molar-refractivity contribution < 1.29 is 14.3 Å². The van der Waals surface area contributed by atoms with Gasteiger partial charge in [0.05, 0.1) is 18.2 Å². The van der Waals surface area contributed by atoms with E-state index < -0.39 is 11.6 Å². The number of hydrogen-bond acceptors (Lipinski definition) is 4. The maximum Gasteiger partial charge on any atom is 0.236 e. The van der Waals surface area contributed by atoms with Crippen LogP contribution in [0.15, 0.2) is 24.5 Å². The number of nitrogens with zero attached hydrogens (tertiary/aromatic N) is 2. The second-order valence-electron chi connectivity index (χ2n) is 6.15. The third-order valence-electron chi connectivity index (χ3n) is 4.75. The normalized spacial score (nSPS) is 14.2. The fraction of sp³-hybridized carbons (Fsp3) is 0.211. The molecule has 5 nitrogen and oxygen atoms in total. The van der Waals surface area contributed by atoms with Crippen LogP contribution in [0.1, 0.15) is 27.2 Å². The van der Waals surface area contributed by atoms with E-state index >= 15 is 0 Å². The van der Waals surface area contributed by atoms with Crippen LogP contribution in [0.3, 0.4) is 0 Å². The molecule has 1 aromatic carbocycles. The second kappa shape index (κ2) is 4.77. The summed E-state index contributed by atoms with van der Waals surface area (Å²) in [4.78, 5) is 29.2. The van der Waals surface area contributed by atoms with Crippen LogP contribution < -0.4 is 0 Å². The molecule has 1 aliphatic rings. The van der Waals surface area contributed by atoms with Crippen molar-refractivity contribution in [1.82, 2.24) is 9.55 Å². The number of carbonyl (C=O) groups excluding carboxylic acids is 2. The van der Waals surface area contributed by atoms with Crippen LogP contribution in [-0.4, -0.2) is 28.2 Å². The molecule has 0 atom stereocenters. The average Bonchev–Trinajstić information content (AvgIpc) is 2.97. The highest BCUT2D eigenvalue weighted by atomic mass is 16.5. The van der Waals surface area contributed by atoms with Crippen molar-refractivity contribution >= 4 is 39.0 Å². The number of carbonyl (C=O) groups is 2. The third-order valence-corrected chi connectivity index (χ3v) is 4.75. The van der Waals surface area contributed by atoms with Gasteiger partial charge in [-0.1, -0.05) is 0 Å². The van der Waals surface area contributed by atoms with Crippen molar-refractivity contribution in [2.75, 3.05) is 7.11 Å². The monoisotopic (exact) mass is 320 g/mol. The van der Waals surface area contributed by atoms with Crippen LogP contribution in [0.25, 0.3) is 27.4 Å². The lowest BCUT2D eigenvalue weighted by Crippen LogP contribution is -2.18. The molecule has 3 aromatic rings. The number of benzene rings is 1. The number of ketones is 2. The van der Waals surface area contributed by atoms with Gasteiger partial charge in [-0.15, -0.1) is 0 Å². The predicted molar refractivity (Wildman–Crippen MR) is 92.0 cm³/mol. The summed E-state index contributed by atoms with van der Waals surface area (Å²) < 4.78 is 7.25. The van der Waals surface area contributed by atoms with Crippen LogP contribution in [-0.2, 0) is 16.6 Å². The van der Waals surface area contributed by atoms with Crippen LogP contribution in [0, 0.1) is 13.8 Å². The van der Waals surface area contributed by atoms with Gasteiger partial charge in [-0.05, 0) is 36.4 Å². The van der Waals surface area contributed by atoms with E-state index in [2.05, 4.69) is 4.98 Å². The van der Waals surface area contributed by atoms with E-state index in [1.165, 1.54) is 13.2 Å². The number of rotatable bonds is 1. The van der Waals surface area contributed by atoms with E-state index in [-0.39, 0.29) is 0 Å². The van der Waals surface area contributed by atoms with Gasteiger partial charge in [0.25, 0.3) is 0 Å². The fourth-order valence-electron chi connectivity index (χ4n) is 3.51. The van der Waals surface area contributed by atoms with Gasteiger partial charge in [0.2, 0.25) is 11.6 Å². The number of aryl methyl sites for hydroxylation is 3. The highest BCUT2D eigenvalue weighted by Gasteiger charge is 2.33. The number of fused-ring (bicyclic) bond motifs is 4. The SMILES string of the molecule is COC1=CC(=O)C(=O)c2c1nc1c(C)c3ccn(C)cc3c(C)c21. The molecule has 120 valence electrons. The number of methoxy groups -OCH3 is 1. The summed E-state index contributed by atoms with van der Waals surface area (Å²) in [5, 5.41) is 2.89. The highest BCUT2D eigenvalue weighted by Crippen LogP contribution is 2.38. The van der Waals surface area contributed by atoms with E-state index in [4.69, 9.17) is 4.74 Å². The molecule has 0 amide bonds. The molecule has 2 heterocycles. The van der Waals surface area contributed by atoms with Crippen molar-refractivity contribution in [1.29, 1.82) is 0 Å². The summed E-state index contributed by atoms with van der Waals surface area (Å²) in [6.45, 7) is 3.96. The van der Waals surface area contributed by atoms with Crippen molar-refractivity contribution in [3.05, 3.63) is 46.9 Å². The zero-order valence-electron chi connectivity index (χ0n) is 13.9. The first-order chi connectivity index (χ1) is 11.4. The Morgan fingerprint density at radius 2 is 1.88 bits per heavy atom. The van der Waals surface area contributed by atoms with Gasteiger partial charge in [-0.25, -0.2) is 4.98 Å². The molecule has 0 radical (unpaired) electrons.